The van der Waals surface area contributed by atoms with Gasteiger partial charge in [0.1, 0.15) is 5.78 Å². The standard InChI is InChI=1S/C45H75NO6SSi2/c1-31(25-26-38(47)33(3)27-36-30-53-34(4)46-36)21-20-22-32(2)41(52-55(15,16)44(8,9)10)37(28-35-23-18-17-19-24-35)42(50)45(11,12)39(29-40(48)49)51-54(13,14)43(5,6)7/h17-19,23-25,27,30,32,37-39,41,47H,20-22,26,28-29H2,1-16H3,(H,48,49)/b31-25+,33-27+/t32-,37+,38-,39-,41-/m0/s1. The van der Waals surface area contributed by atoms with Crippen molar-refractivity contribution in [2.75, 3.05) is 0 Å². The third-order valence-electron chi connectivity index (χ3n) is 12.3. The molecule has 1 aromatic carbocycles. The first kappa shape index (κ1) is 48.9. The van der Waals surface area contributed by atoms with Crippen LogP contribution in [0, 0.1) is 24.2 Å². The second kappa shape index (κ2) is 20.0. The second-order valence-corrected chi connectivity index (χ2v) is 30.1. The van der Waals surface area contributed by atoms with E-state index < -0.39 is 46.1 Å². The Morgan fingerprint density at radius 3 is 2.00 bits per heavy atom. The number of carboxylic acids is 1. The fourth-order valence-corrected chi connectivity index (χ4v) is 9.80. The van der Waals surface area contributed by atoms with Crippen molar-refractivity contribution >= 4 is 45.8 Å². The average Bonchev–Trinajstić information content (AvgIpc) is 3.47. The summed E-state index contributed by atoms with van der Waals surface area (Å²) in [6.07, 6.45) is 5.80. The summed E-state index contributed by atoms with van der Waals surface area (Å²) in [5.41, 5.74) is 2.97. The molecule has 55 heavy (non-hydrogen) atoms. The molecule has 0 aliphatic rings. The van der Waals surface area contributed by atoms with Crippen LogP contribution in [0.2, 0.25) is 36.3 Å². The Labute approximate surface area is 340 Å². The molecule has 0 unspecified atom stereocenters. The summed E-state index contributed by atoms with van der Waals surface area (Å²) in [4.78, 5) is 32.2. The topological polar surface area (TPSA) is 106 Å². The molecule has 2 aromatic rings. The lowest BCUT2D eigenvalue weighted by atomic mass is 9.70. The summed E-state index contributed by atoms with van der Waals surface area (Å²) < 4.78 is 14.2. The molecule has 0 aliphatic heterocycles. The number of aromatic nitrogens is 1. The average molecular weight is 814 g/mol. The molecule has 0 radical (unpaired) electrons. The summed E-state index contributed by atoms with van der Waals surface area (Å²) in [5, 5.41) is 23.8. The number of aliphatic carboxylic acids is 1. The lowest BCUT2D eigenvalue weighted by molar-refractivity contribution is -0.146. The van der Waals surface area contributed by atoms with E-state index in [1.807, 2.05) is 57.4 Å². The van der Waals surface area contributed by atoms with Crippen LogP contribution in [0.15, 0.2) is 52.9 Å². The smallest absolute Gasteiger partial charge is 0.305 e. The molecule has 0 spiro atoms. The Bertz CT molecular complexity index is 1600. The number of benzene rings is 1. The highest BCUT2D eigenvalue weighted by atomic mass is 32.1. The third-order valence-corrected chi connectivity index (χ3v) is 22.1. The van der Waals surface area contributed by atoms with Crippen molar-refractivity contribution in [1.82, 2.24) is 4.98 Å². The minimum atomic E-state index is -2.44. The van der Waals surface area contributed by atoms with Gasteiger partial charge < -0.3 is 19.1 Å². The van der Waals surface area contributed by atoms with Gasteiger partial charge >= 0.3 is 5.97 Å². The number of hydrogen-bond acceptors (Lipinski definition) is 7. The van der Waals surface area contributed by atoms with Gasteiger partial charge in [-0.1, -0.05) is 104 Å². The number of ketones is 1. The maximum Gasteiger partial charge on any atom is 0.305 e. The van der Waals surface area contributed by atoms with Crippen molar-refractivity contribution in [3.8, 4) is 0 Å². The number of Topliss-reactive ketones (excluding diaryl/α,β-unsaturated/α-hetero) is 1. The van der Waals surface area contributed by atoms with Gasteiger partial charge in [0.2, 0.25) is 0 Å². The number of nitrogens with zero attached hydrogens (tertiary/aromatic N) is 1. The monoisotopic (exact) mass is 813 g/mol. The number of hydrogen-bond donors (Lipinski definition) is 2. The minimum Gasteiger partial charge on any atom is -0.481 e. The number of thiazole rings is 1. The summed E-state index contributed by atoms with van der Waals surface area (Å²) in [6, 6.07) is 10.1. The fraction of sp³-hybridized carbons (Fsp3) is 0.667. The quantitative estimate of drug-likeness (QED) is 0.0955. The summed E-state index contributed by atoms with van der Waals surface area (Å²) in [7, 11) is -4.82. The molecular formula is C45H75NO6SSi2. The highest BCUT2D eigenvalue weighted by Gasteiger charge is 2.51. The minimum absolute atomic E-state index is 0.00169. The largest absolute Gasteiger partial charge is 0.481 e. The first-order chi connectivity index (χ1) is 25.1. The molecule has 2 N–H and O–H groups in total. The van der Waals surface area contributed by atoms with E-state index in [0.29, 0.717) is 12.8 Å². The van der Waals surface area contributed by atoms with E-state index in [4.69, 9.17) is 8.85 Å². The van der Waals surface area contributed by atoms with Gasteiger partial charge in [-0.3, -0.25) is 9.59 Å². The van der Waals surface area contributed by atoms with Gasteiger partial charge in [-0.05, 0) is 112 Å². The molecular weight excluding hydrogens is 739 g/mol. The molecule has 0 bridgehead atoms. The SMILES string of the molecule is C/C(=C\C[C@H](O)/C(C)=C/c1csc(C)n1)CCC[C@H](C)[C@H](O[Si](C)(C)C(C)(C)C)[C@@H](Cc1ccccc1)C(=O)C(C)(C)[C@H](CC(=O)O)O[Si](C)(C)C(C)(C)C. The zero-order chi connectivity index (χ0) is 42.2. The molecule has 5 atom stereocenters. The molecule has 0 aliphatic carbocycles. The lowest BCUT2D eigenvalue weighted by Gasteiger charge is -2.47. The zero-order valence-corrected chi connectivity index (χ0v) is 39.9. The molecule has 7 nitrogen and oxygen atoms in total. The van der Waals surface area contributed by atoms with Crippen LogP contribution in [0.5, 0.6) is 0 Å². The van der Waals surface area contributed by atoms with Crippen LogP contribution in [0.1, 0.15) is 125 Å². The molecule has 310 valence electrons. The van der Waals surface area contributed by atoms with Crippen molar-refractivity contribution in [3.63, 3.8) is 0 Å². The predicted molar refractivity (Wildman–Crippen MR) is 237 cm³/mol. The van der Waals surface area contributed by atoms with E-state index in [1.165, 1.54) is 5.57 Å². The van der Waals surface area contributed by atoms with Crippen LogP contribution in [0.4, 0.5) is 0 Å². The first-order valence-corrected chi connectivity index (χ1v) is 26.9. The van der Waals surface area contributed by atoms with Crippen molar-refractivity contribution < 1.29 is 28.7 Å². The van der Waals surface area contributed by atoms with E-state index in [9.17, 15) is 15.0 Å². The summed E-state index contributed by atoms with van der Waals surface area (Å²) in [6.45, 7) is 33.9. The van der Waals surface area contributed by atoms with Gasteiger partial charge in [-0.15, -0.1) is 11.3 Å². The number of allylic oxidation sites excluding steroid dienone is 1. The Hall–Kier alpha value is -2.22. The maximum atomic E-state index is 15.3. The lowest BCUT2D eigenvalue weighted by Crippen LogP contribution is -2.55. The maximum absolute atomic E-state index is 15.3. The van der Waals surface area contributed by atoms with Crippen LogP contribution >= 0.6 is 11.3 Å². The molecule has 1 heterocycles. The molecule has 2 rings (SSSR count). The molecule has 0 amide bonds. The van der Waals surface area contributed by atoms with Crippen molar-refractivity contribution in [2.45, 2.75) is 176 Å². The fourth-order valence-electron chi connectivity index (χ4n) is 6.35. The van der Waals surface area contributed by atoms with Gasteiger partial charge in [-0.25, -0.2) is 4.98 Å². The third kappa shape index (κ3) is 14.6. The Balaban J connectivity index is 2.49. The van der Waals surface area contributed by atoms with Crippen LogP contribution in [-0.4, -0.2) is 61.9 Å². The van der Waals surface area contributed by atoms with Gasteiger partial charge in [0.15, 0.2) is 16.6 Å². The van der Waals surface area contributed by atoms with Crippen molar-refractivity contribution in [3.05, 3.63) is 69.2 Å². The number of carboxylic acid groups (broad SMARTS) is 1. The molecule has 0 fully saturated rings. The number of carbonyl (C=O) groups is 2. The molecule has 10 heteroatoms. The molecule has 0 saturated heterocycles. The normalized spacial score (nSPS) is 16.7. The van der Waals surface area contributed by atoms with Crippen molar-refractivity contribution in [1.29, 1.82) is 0 Å². The molecule has 0 saturated carbocycles. The Morgan fingerprint density at radius 2 is 1.49 bits per heavy atom. The van der Waals surface area contributed by atoms with Gasteiger partial charge in [-0.2, -0.15) is 0 Å². The Kier molecular flexibility index (Phi) is 17.8. The number of rotatable bonds is 21. The van der Waals surface area contributed by atoms with E-state index in [2.05, 4.69) is 105 Å². The zero-order valence-electron chi connectivity index (χ0n) is 37.1. The first-order valence-electron chi connectivity index (χ1n) is 20.2. The van der Waals surface area contributed by atoms with E-state index in [0.717, 1.165) is 41.1 Å². The van der Waals surface area contributed by atoms with Gasteiger partial charge in [0.25, 0.3) is 0 Å². The summed E-state index contributed by atoms with van der Waals surface area (Å²) in [5.74, 6) is -1.43. The number of aryl methyl sites for hydroxylation is 1. The summed E-state index contributed by atoms with van der Waals surface area (Å²) >= 11 is 1.60. The van der Waals surface area contributed by atoms with Crippen LogP contribution in [-0.2, 0) is 24.9 Å². The highest BCUT2D eigenvalue weighted by Crippen LogP contribution is 2.45. The highest BCUT2D eigenvalue weighted by molar-refractivity contribution is 7.09. The van der Waals surface area contributed by atoms with Crippen LogP contribution in [0.3, 0.4) is 0 Å². The van der Waals surface area contributed by atoms with Gasteiger partial charge in [0, 0.05) is 16.7 Å². The number of aliphatic hydroxyl groups is 1. The van der Waals surface area contributed by atoms with Crippen LogP contribution in [0.25, 0.3) is 6.08 Å². The predicted octanol–water partition coefficient (Wildman–Crippen LogP) is 12.1. The number of carbonyl (C=O) groups excluding carboxylic acids is 1. The van der Waals surface area contributed by atoms with E-state index in [1.54, 1.807) is 11.3 Å². The van der Waals surface area contributed by atoms with E-state index >= 15 is 4.79 Å². The van der Waals surface area contributed by atoms with Crippen molar-refractivity contribution in [2.24, 2.45) is 17.3 Å². The van der Waals surface area contributed by atoms with E-state index in [-0.39, 0.29) is 34.3 Å². The Morgan fingerprint density at radius 1 is 0.927 bits per heavy atom. The van der Waals surface area contributed by atoms with Crippen LogP contribution < -0.4 is 0 Å². The van der Waals surface area contributed by atoms with Gasteiger partial charge in [0.05, 0.1) is 35.4 Å². The molecule has 1 aromatic heterocycles. The number of aliphatic hydroxyl groups excluding tert-OH is 1. The second-order valence-electron chi connectivity index (χ2n) is 19.5.